The van der Waals surface area contributed by atoms with E-state index in [1.165, 1.54) is 0 Å². The zero-order chi connectivity index (χ0) is 26.0. The molecule has 8 heteroatoms. The molecule has 2 aliphatic rings. The van der Waals surface area contributed by atoms with Crippen molar-refractivity contribution in [3.05, 3.63) is 77.9 Å². The van der Waals surface area contributed by atoms with Crippen molar-refractivity contribution in [1.82, 2.24) is 15.1 Å². The zero-order valence-electron chi connectivity index (χ0n) is 21.3. The maximum absolute atomic E-state index is 13.5. The summed E-state index contributed by atoms with van der Waals surface area (Å²) in [7, 11) is 1.60. The highest BCUT2D eigenvalue weighted by Gasteiger charge is 2.33. The van der Waals surface area contributed by atoms with Crippen molar-refractivity contribution in [2.75, 3.05) is 46.5 Å². The third-order valence-electron chi connectivity index (χ3n) is 6.92. The Labute approximate surface area is 218 Å². The Morgan fingerprint density at radius 2 is 1.86 bits per heavy atom. The Morgan fingerprint density at radius 1 is 1.08 bits per heavy atom. The van der Waals surface area contributed by atoms with Gasteiger partial charge in [-0.25, -0.2) is 0 Å². The molecule has 2 atom stereocenters. The van der Waals surface area contributed by atoms with E-state index in [9.17, 15) is 14.4 Å². The van der Waals surface area contributed by atoms with Crippen molar-refractivity contribution < 1.29 is 23.9 Å². The molecule has 0 radical (unpaired) electrons. The molecule has 0 unspecified atom stereocenters. The van der Waals surface area contributed by atoms with Crippen LogP contribution in [0.1, 0.15) is 28.8 Å². The fraction of sp³-hybridized carbons (Fsp3) is 0.414. The van der Waals surface area contributed by atoms with E-state index in [2.05, 4.69) is 11.4 Å². The van der Waals surface area contributed by atoms with Gasteiger partial charge in [0.1, 0.15) is 18.9 Å². The van der Waals surface area contributed by atoms with Crippen molar-refractivity contribution in [1.29, 1.82) is 0 Å². The fourth-order valence-corrected chi connectivity index (χ4v) is 4.91. The summed E-state index contributed by atoms with van der Waals surface area (Å²) in [6.07, 6.45) is 5.14. The van der Waals surface area contributed by atoms with Gasteiger partial charge in [0.25, 0.3) is 5.91 Å². The number of hydrogen-bond acceptors (Lipinski definition) is 5. The number of benzene rings is 2. The number of hydrogen-bond donors (Lipinski definition) is 1. The SMILES string of the molecule is COCCNC(=O)C[C@@H]1CCN2C[C@@H]1/C=C/COc1ccccc1CN(C(=O)c1ccccc1)CC2=O. The summed E-state index contributed by atoms with van der Waals surface area (Å²) in [4.78, 5) is 42.8. The predicted octanol–water partition coefficient (Wildman–Crippen LogP) is 2.90. The monoisotopic (exact) mass is 505 g/mol. The van der Waals surface area contributed by atoms with E-state index < -0.39 is 0 Å². The number of methoxy groups -OCH3 is 1. The van der Waals surface area contributed by atoms with Gasteiger partial charge in [0, 0.05) is 44.3 Å². The van der Waals surface area contributed by atoms with E-state index in [1.807, 2.05) is 53.4 Å². The molecule has 1 saturated heterocycles. The summed E-state index contributed by atoms with van der Waals surface area (Å²) in [5.74, 6) is 0.510. The molecule has 2 bridgehead atoms. The van der Waals surface area contributed by atoms with E-state index >= 15 is 0 Å². The summed E-state index contributed by atoms with van der Waals surface area (Å²) in [6.45, 7) is 2.61. The lowest BCUT2D eigenvalue weighted by Gasteiger charge is -2.38. The first kappa shape index (κ1) is 26.4. The molecule has 2 heterocycles. The van der Waals surface area contributed by atoms with E-state index in [-0.39, 0.29) is 42.6 Å². The third-order valence-corrected chi connectivity index (χ3v) is 6.92. The van der Waals surface area contributed by atoms with Crippen LogP contribution in [0, 0.1) is 11.8 Å². The number of ether oxygens (including phenoxy) is 2. The minimum atomic E-state index is -0.198. The van der Waals surface area contributed by atoms with Crippen LogP contribution in [0.5, 0.6) is 5.75 Å². The van der Waals surface area contributed by atoms with Gasteiger partial charge in [0.2, 0.25) is 11.8 Å². The van der Waals surface area contributed by atoms with Gasteiger partial charge in [-0.1, -0.05) is 48.6 Å². The van der Waals surface area contributed by atoms with E-state index in [1.54, 1.807) is 24.1 Å². The van der Waals surface area contributed by atoms with Crippen molar-refractivity contribution in [3.63, 3.8) is 0 Å². The average molecular weight is 506 g/mol. The number of fused-ring (bicyclic) bond motifs is 3. The lowest BCUT2D eigenvalue weighted by Crippen LogP contribution is -2.48. The Kier molecular flexibility index (Phi) is 9.32. The van der Waals surface area contributed by atoms with Gasteiger partial charge in [-0.3, -0.25) is 14.4 Å². The van der Waals surface area contributed by atoms with Crippen molar-refractivity contribution >= 4 is 17.7 Å². The highest BCUT2D eigenvalue weighted by Crippen LogP contribution is 2.29. The van der Waals surface area contributed by atoms with Gasteiger partial charge in [0.15, 0.2) is 0 Å². The molecule has 0 aliphatic carbocycles. The van der Waals surface area contributed by atoms with Crippen LogP contribution in [0.2, 0.25) is 0 Å². The Hall–Kier alpha value is -3.65. The molecule has 1 fully saturated rings. The normalized spacial score (nSPS) is 20.9. The second-order valence-corrected chi connectivity index (χ2v) is 9.47. The predicted molar refractivity (Wildman–Crippen MR) is 140 cm³/mol. The molecular formula is C29H35N3O5. The highest BCUT2D eigenvalue weighted by molar-refractivity contribution is 5.96. The summed E-state index contributed by atoms with van der Waals surface area (Å²) in [6, 6.07) is 16.6. The van der Waals surface area contributed by atoms with Gasteiger partial charge < -0.3 is 24.6 Å². The van der Waals surface area contributed by atoms with E-state index in [0.29, 0.717) is 57.0 Å². The number of piperidine rings is 1. The van der Waals surface area contributed by atoms with Gasteiger partial charge in [0.05, 0.1) is 13.2 Å². The van der Waals surface area contributed by atoms with Crippen LogP contribution < -0.4 is 10.1 Å². The minimum absolute atomic E-state index is 0.0112. The van der Waals surface area contributed by atoms with E-state index in [4.69, 9.17) is 9.47 Å². The molecule has 2 aromatic carbocycles. The van der Waals surface area contributed by atoms with Gasteiger partial charge >= 0.3 is 0 Å². The average Bonchev–Trinajstić information content (AvgIpc) is 2.92. The summed E-state index contributed by atoms with van der Waals surface area (Å²) in [5, 5.41) is 2.90. The lowest BCUT2D eigenvalue weighted by molar-refractivity contribution is -0.134. The van der Waals surface area contributed by atoms with Crippen LogP contribution in [0.3, 0.4) is 0 Å². The van der Waals surface area contributed by atoms with Crippen molar-refractivity contribution in [3.8, 4) is 5.75 Å². The molecule has 0 saturated carbocycles. The molecule has 2 aromatic rings. The van der Waals surface area contributed by atoms with E-state index in [0.717, 1.165) is 5.56 Å². The van der Waals surface area contributed by atoms with Gasteiger partial charge in [-0.15, -0.1) is 0 Å². The smallest absolute Gasteiger partial charge is 0.254 e. The molecule has 8 nitrogen and oxygen atoms in total. The van der Waals surface area contributed by atoms with Crippen LogP contribution in [0.15, 0.2) is 66.7 Å². The molecule has 37 heavy (non-hydrogen) atoms. The van der Waals surface area contributed by atoms with Crippen LogP contribution in [0.25, 0.3) is 0 Å². The largest absolute Gasteiger partial charge is 0.489 e. The van der Waals surface area contributed by atoms with Crippen LogP contribution in [-0.4, -0.2) is 74.0 Å². The molecule has 0 aromatic heterocycles. The molecule has 196 valence electrons. The molecule has 3 amide bonds. The third kappa shape index (κ3) is 7.20. The lowest BCUT2D eigenvalue weighted by atomic mass is 9.82. The highest BCUT2D eigenvalue weighted by atomic mass is 16.5. The number of carbonyl (C=O) groups is 3. The summed E-state index contributed by atoms with van der Waals surface area (Å²) < 4.78 is 11.1. The van der Waals surface area contributed by atoms with Crippen LogP contribution in [-0.2, 0) is 20.9 Å². The summed E-state index contributed by atoms with van der Waals surface area (Å²) >= 11 is 0. The Balaban J connectivity index is 1.56. The molecule has 1 N–H and O–H groups in total. The second kappa shape index (κ2) is 13.1. The van der Waals surface area contributed by atoms with Gasteiger partial charge in [-0.05, 0) is 36.5 Å². The maximum atomic E-state index is 13.5. The zero-order valence-corrected chi connectivity index (χ0v) is 21.3. The van der Waals surface area contributed by atoms with Crippen LogP contribution in [0.4, 0.5) is 0 Å². The minimum Gasteiger partial charge on any atom is -0.489 e. The summed E-state index contributed by atoms with van der Waals surface area (Å²) in [5.41, 5.74) is 1.38. The number of nitrogens with one attached hydrogen (secondary N) is 1. The topological polar surface area (TPSA) is 88.2 Å². The van der Waals surface area contributed by atoms with Crippen LogP contribution >= 0.6 is 0 Å². The van der Waals surface area contributed by atoms with Crippen molar-refractivity contribution in [2.24, 2.45) is 11.8 Å². The van der Waals surface area contributed by atoms with Gasteiger partial charge in [-0.2, -0.15) is 0 Å². The number of carbonyl (C=O) groups excluding carboxylic acids is 3. The first-order chi connectivity index (χ1) is 18.0. The quantitative estimate of drug-likeness (QED) is 0.482. The number of nitrogens with zero attached hydrogens (tertiary/aromatic N) is 2. The first-order valence-electron chi connectivity index (χ1n) is 12.8. The molecule has 0 spiro atoms. The second-order valence-electron chi connectivity index (χ2n) is 9.47. The number of para-hydroxylation sites is 1. The number of rotatable bonds is 6. The molecule has 2 aliphatic heterocycles. The Morgan fingerprint density at radius 3 is 2.68 bits per heavy atom. The number of amides is 3. The fourth-order valence-electron chi connectivity index (χ4n) is 4.91. The van der Waals surface area contributed by atoms with Crippen molar-refractivity contribution in [2.45, 2.75) is 19.4 Å². The standard InChI is InChI=1S/C29H35N3O5/c1-36-17-14-30-27(33)18-23-13-15-31-19-24(23)11-7-16-37-26-12-6-5-10-25(26)20-32(21-28(31)34)29(35)22-8-3-2-4-9-22/h2-12,23-24H,13-21H2,1H3,(H,30,33)/b11-7+/t23-,24-/m0/s1. The first-order valence-corrected chi connectivity index (χ1v) is 12.8. The molecule has 4 rings (SSSR count). The maximum Gasteiger partial charge on any atom is 0.254 e. The Bertz CT molecular complexity index is 1100. The molecular weight excluding hydrogens is 470 g/mol.